The number of aromatic amines is 1. The van der Waals surface area contributed by atoms with E-state index in [1.165, 1.54) is 0 Å². The van der Waals surface area contributed by atoms with Crippen molar-refractivity contribution in [3.05, 3.63) is 36.0 Å². The quantitative estimate of drug-likeness (QED) is 0.731. The second-order valence-corrected chi connectivity index (χ2v) is 5.02. The van der Waals surface area contributed by atoms with E-state index in [2.05, 4.69) is 20.7 Å². The topological polar surface area (TPSA) is 73.8 Å². The highest BCUT2D eigenvalue weighted by molar-refractivity contribution is 5.60. The molecule has 100 valence electrons. The van der Waals surface area contributed by atoms with E-state index < -0.39 is 0 Å². The Kier molecular flexibility index (Phi) is 3.57. The van der Waals surface area contributed by atoms with Gasteiger partial charge in [-0.15, -0.1) is 0 Å². The summed E-state index contributed by atoms with van der Waals surface area (Å²) in [5, 5.41) is 24.1. The zero-order valence-electron chi connectivity index (χ0n) is 10.7. The van der Waals surface area contributed by atoms with E-state index in [1.54, 1.807) is 0 Å². The first-order valence-electron chi connectivity index (χ1n) is 6.68. The van der Waals surface area contributed by atoms with Crippen LogP contribution in [0.25, 0.3) is 11.3 Å². The standard InChI is InChI=1S/C14H18N4O/c19-13(10-6-7-10)9-15-8-12-14(17-18-16-12)11-4-2-1-3-5-11/h1-5,10,13,15,19H,6-9H2,(H,16,17,18). The van der Waals surface area contributed by atoms with Gasteiger partial charge in [0.05, 0.1) is 6.10 Å². The molecule has 1 aromatic heterocycles. The molecule has 1 aliphatic carbocycles. The first kappa shape index (κ1) is 12.3. The van der Waals surface area contributed by atoms with E-state index in [4.69, 9.17) is 0 Å². The Hall–Kier alpha value is -1.72. The highest BCUT2D eigenvalue weighted by Gasteiger charge is 2.29. The van der Waals surface area contributed by atoms with E-state index in [0.29, 0.717) is 19.0 Å². The molecule has 5 nitrogen and oxygen atoms in total. The number of nitrogens with one attached hydrogen (secondary N) is 2. The molecule has 1 aromatic carbocycles. The summed E-state index contributed by atoms with van der Waals surface area (Å²) in [5.41, 5.74) is 2.80. The molecule has 1 heterocycles. The van der Waals surface area contributed by atoms with Gasteiger partial charge < -0.3 is 10.4 Å². The van der Waals surface area contributed by atoms with Crippen molar-refractivity contribution in [3.63, 3.8) is 0 Å². The molecule has 1 fully saturated rings. The Balaban J connectivity index is 1.60. The third-order valence-corrected chi connectivity index (χ3v) is 3.48. The fourth-order valence-corrected chi connectivity index (χ4v) is 2.19. The van der Waals surface area contributed by atoms with Crippen LogP contribution >= 0.6 is 0 Å². The van der Waals surface area contributed by atoms with E-state index in [0.717, 1.165) is 29.8 Å². The van der Waals surface area contributed by atoms with Crippen LogP contribution in [0.3, 0.4) is 0 Å². The van der Waals surface area contributed by atoms with Crippen LogP contribution in [0.2, 0.25) is 0 Å². The summed E-state index contributed by atoms with van der Waals surface area (Å²) in [6.07, 6.45) is 2.08. The molecule has 1 saturated carbocycles. The lowest BCUT2D eigenvalue weighted by molar-refractivity contribution is 0.148. The maximum atomic E-state index is 9.80. The van der Waals surface area contributed by atoms with Gasteiger partial charge in [0.25, 0.3) is 0 Å². The fraction of sp³-hybridized carbons (Fsp3) is 0.429. The third kappa shape index (κ3) is 3.00. The van der Waals surface area contributed by atoms with Crippen molar-refractivity contribution in [2.75, 3.05) is 6.54 Å². The zero-order chi connectivity index (χ0) is 13.1. The third-order valence-electron chi connectivity index (χ3n) is 3.48. The van der Waals surface area contributed by atoms with Gasteiger partial charge in [0.15, 0.2) is 0 Å². The minimum absolute atomic E-state index is 0.230. The Labute approximate surface area is 112 Å². The predicted octanol–water partition coefficient (Wildman–Crippen LogP) is 1.33. The largest absolute Gasteiger partial charge is 0.392 e. The van der Waals surface area contributed by atoms with E-state index in [9.17, 15) is 5.11 Å². The van der Waals surface area contributed by atoms with Crippen LogP contribution in [0, 0.1) is 5.92 Å². The van der Waals surface area contributed by atoms with Crippen LogP contribution in [0.4, 0.5) is 0 Å². The van der Waals surface area contributed by atoms with Crippen LogP contribution in [0.5, 0.6) is 0 Å². The summed E-state index contributed by atoms with van der Waals surface area (Å²) in [6, 6.07) is 9.98. The molecule has 19 heavy (non-hydrogen) atoms. The lowest BCUT2D eigenvalue weighted by atomic mass is 10.1. The predicted molar refractivity (Wildman–Crippen MR) is 72.3 cm³/mol. The number of aliphatic hydroxyl groups is 1. The van der Waals surface area contributed by atoms with Gasteiger partial charge in [-0.2, -0.15) is 15.4 Å². The molecule has 3 N–H and O–H groups in total. The summed E-state index contributed by atoms with van der Waals surface area (Å²) < 4.78 is 0. The van der Waals surface area contributed by atoms with Gasteiger partial charge in [-0.3, -0.25) is 0 Å². The maximum absolute atomic E-state index is 9.80. The molecule has 1 unspecified atom stereocenters. The van der Waals surface area contributed by atoms with Gasteiger partial charge in [-0.1, -0.05) is 30.3 Å². The Bertz CT molecular complexity index is 521. The molecule has 1 atom stereocenters. The molecule has 0 amide bonds. The maximum Gasteiger partial charge on any atom is 0.117 e. The first-order valence-corrected chi connectivity index (χ1v) is 6.68. The highest BCUT2D eigenvalue weighted by Crippen LogP contribution is 2.32. The number of rotatable bonds is 6. The summed E-state index contributed by atoms with van der Waals surface area (Å²) in [7, 11) is 0. The van der Waals surface area contributed by atoms with Crippen molar-refractivity contribution in [2.45, 2.75) is 25.5 Å². The van der Waals surface area contributed by atoms with Gasteiger partial charge in [0.1, 0.15) is 11.4 Å². The summed E-state index contributed by atoms with van der Waals surface area (Å²) in [5.74, 6) is 0.499. The number of hydrogen-bond acceptors (Lipinski definition) is 4. The van der Waals surface area contributed by atoms with Crippen molar-refractivity contribution in [1.82, 2.24) is 20.7 Å². The summed E-state index contributed by atoms with van der Waals surface area (Å²) in [6.45, 7) is 1.23. The fourth-order valence-electron chi connectivity index (χ4n) is 2.19. The SMILES string of the molecule is OC(CNCc1n[nH]nc1-c1ccccc1)C1CC1. The van der Waals surface area contributed by atoms with E-state index in [1.807, 2.05) is 30.3 Å². The van der Waals surface area contributed by atoms with Gasteiger partial charge >= 0.3 is 0 Å². The summed E-state index contributed by atoms with van der Waals surface area (Å²) >= 11 is 0. The molecule has 0 bridgehead atoms. The van der Waals surface area contributed by atoms with Crippen LogP contribution in [0.1, 0.15) is 18.5 Å². The minimum Gasteiger partial charge on any atom is -0.392 e. The second-order valence-electron chi connectivity index (χ2n) is 5.02. The molecule has 3 rings (SSSR count). The van der Waals surface area contributed by atoms with E-state index >= 15 is 0 Å². The monoisotopic (exact) mass is 258 g/mol. The molecular formula is C14H18N4O. The van der Waals surface area contributed by atoms with Crippen molar-refractivity contribution in [1.29, 1.82) is 0 Å². The van der Waals surface area contributed by atoms with Crippen LogP contribution in [0.15, 0.2) is 30.3 Å². The number of hydrogen-bond donors (Lipinski definition) is 3. The smallest absolute Gasteiger partial charge is 0.117 e. The molecule has 0 spiro atoms. The lowest BCUT2D eigenvalue weighted by Crippen LogP contribution is -2.28. The van der Waals surface area contributed by atoms with Crippen molar-refractivity contribution >= 4 is 0 Å². The minimum atomic E-state index is -0.230. The lowest BCUT2D eigenvalue weighted by Gasteiger charge is -2.09. The molecule has 0 saturated heterocycles. The van der Waals surface area contributed by atoms with Gasteiger partial charge in [0, 0.05) is 18.7 Å². The molecule has 0 aliphatic heterocycles. The second kappa shape index (κ2) is 5.50. The first-order chi connectivity index (χ1) is 9.34. The molecule has 5 heteroatoms. The average Bonchev–Trinajstić information content (AvgIpc) is 3.20. The summed E-state index contributed by atoms with van der Waals surface area (Å²) in [4.78, 5) is 0. The molecule has 2 aromatic rings. The van der Waals surface area contributed by atoms with Crippen molar-refractivity contribution < 1.29 is 5.11 Å². The highest BCUT2D eigenvalue weighted by atomic mass is 16.3. The number of benzene rings is 1. The Morgan fingerprint density at radius 3 is 2.79 bits per heavy atom. The average molecular weight is 258 g/mol. The van der Waals surface area contributed by atoms with Crippen molar-refractivity contribution in [2.24, 2.45) is 5.92 Å². The normalized spacial score (nSPS) is 16.5. The number of nitrogens with zero attached hydrogens (tertiary/aromatic N) is 2. The van der Waals surface area contributed by atoms with Crippen LogP contribution in [-0.4, -0.2) is 33.2 Å². The van der Waals surface area contributed by atoms with Crippen molar-refractivity contribution in [3.8, 4) is 11.3 Å². The Morgan fingerprint density at radius 2 is 2.05 bits per heavy atom. The molecule has 0 radical (unpaired) electrons. The van der Waals surface area contributed by atoms with Gasteiger partial charge in [-0.25, -0.2) is 0 Å². The van der Waals surface area contributed by atoms with Crippen LogP contribution < -0.4 is 5.32 Å². The molecule has 1 aliphatic rings. The van der Waals surface area contributed by atoms with Gasteiger partial charge in [0.2, 0.25) is 0 Å². The number of aliphatic hydroxyl groups excluding tert-OH is 1. The van der Waals surface area contributed by atoms with E-state index in [-0.39, 0.29) is 6.10 Å². The van der Waals surface area contributed by atoms with Crippen LogP contribution in [-0.2, 0) is 6.54 Å². The number of aromatic nitrogens is 3. The Morgan fingerprint density at radius 1 is 1.26 bits per heavy atom. The zero-order valence-corrected chi connectivity index (χ0v) is 10.7. The molecular weight excluding hydrogens is 240 g/mol. The number of H-pyrrole nitrogens is 1. The van der Waals surface area contributed by atoms with Gasteiger partial charge in [-0.05, 0) is 18.8 Å².